The van der Waals surface area contributed by atoms with E-state index in [2.05, 4.69) is 32.0 Å². The van der Waals surface area contributed by atoms with Crippen LogP contribution in [0.4, 0.5) is 0 Å². The molecule has 1 aliphatic rings. The summed E-state index contributed by atoms with van der Waals surface area (Å²) in [7, 11) is 1.71. The maximum atomic E-state index is 12.8. The van der Waals surface area contributed by atoms with Gasteiger partial charge in [0.2, 0.25) is 0 Å². The molecule has 0 bridgehead atoms. The molecule has 0 aromatic heterocycles. The van der Waals surface area contributed by atoms with Crippen LogP contribution in [0.1, 0.15) is 87.7 Å². The number of hydrogen-bond donors (Lipinski definition) is 1. The Bertz CT molecular complexity index is 881. The van der Waals surface area contributed by atoms with E-state index in [1.807, 2.05) is 18.2 Å². The molecule has 3 heteroatoms. The van der Waals surface area contributed by atoms with Crippen molar-refractivity contribution < 1.29 is 14.6 Å². The molecule has 0 aliphatic heterocycles. The molecule has 1 aliphatic carbocycles. The number of unbranched alkanes of at least 4 members (excludes halogenated alkanes) is 2. The maximum Gasteiger partial charge on any atom is 0.193 e. The van der Waals surface area contributed by atoms with E-state index in [0.717, 1.165) is 44.3 Å². The minimum absolute atomic E-state index is 0.110. The lowest BCUT2D eigenvalue weighted by Crippen LogP contribution is -2.32. The van der Waals surface area contributed by atoms with Crippen LogP contribution in [-0.4, -0.2) is 23.6 Å². The van der Waals surface area contributed by atoms with Gasteiger partial charge in [-0.1, -0.05) is 57.7 Å². The molecule has 0 atom stereocenters. The van der Waals surface area contributed by atoms with E-state index in [-0.39, 0.29) is 11.2 Å². The third-order valence-corrected chi connectivity index (χ3v) is 6.30. The first-order valence-corrected chi connectivity index (χ1v) is 10.9. The fourth-order valence-electron chi connectivity index (χ4n) is 4.72. The van der Waals surface area contributed by atoms with Crippen LogP contribution in [0, 0.1) is 0 Å². The number of methoxy groups -OCH3 is 1. The van der Waals surface area contributed by atoms with E-state index in [0.29, 0.717) is 5.56 Å². The second-order valence-corrected chi connectivity index (χ2v) is 8.85. The highest BCUT2D eigenvalue weighted by Gasteiger charge is 2.43. The van der Waals surface area contributed by atoms with Gasteiger partial charge in [-0.05, 0) is 67.1 Å². The van der Waals surface area contributed by atoms with Crippen molar-refractivity contribution in [2.24, 2.45) is 0 Å². The number of carbonyl (C=O) groups excluding carboxylic acids is 1. The van der Waals surface area contributed by atoms with Crippen molar-refractivity contribution in [2.75, 3.05) is 7.11 Å². The second kappa shape index (κ2) is 8.31. The largest absolute Gasteiger partial charge is 0.497 e. The normalized spacial score (nSPS) is 14.4. The summed E-state index contributed by atoms with van der Waals surface area (Å²) in [5, 5.41) is 10.3. The van der Waals surface area contributed by atoms with Crippen molar-refractivity contribution in [3.63, 3.8) is 0 Å². The third kappa shape index (κ3) is 3.85. The fourth-order valence-corrected chi connectivity index (χ4v) is 4.72. The third-order valence-electron chi connectivity index (χ3n) is 6.30. The Hall–Kier alpha value is -2.13. The Morgan fingerprint density at radius 1 is 0.966 bits per heavy atom. The average Bonchev–Trinajstić information content (AvgIpc) is 2.98. The maximum absolute atomic E-state index is 12.8. The van der Waals surface area contributed by atoms with Gasteiger partial charge in [-0.3, -0.25) is 4.79 Å². The first-order chi connectivity index (χ1) is 13.8. The number of hydrogen-bond acceptors (Lipinski definition) is 3. The van der Waals surface area contributed by atoms with E-state index in [9.17, 15) is 9.90 Å². The Kier molecular flexibility index (Phi) is 6.19. The lowest BCUT2D eigenvalue weighted by atomic mass is 9.70. The predicted molar refractivity (Wildman–Crippen MR) is 119 cm³/mol. The van der Waals surface area contributed by atoms with Crippen molar-refractivity contribution in [3.05, 3.63) is 53.1 Å². The molecule has 3 rings (SSSR count). The number of carbonyl (C=O) groups is 1. The van der Waals surface area contributed by atoms with Crippen LogP contribution in [0.5, 0.6) is 5.75 Å². The predicted octanol–water partition coefficient (Wildman–Crippen LogP) is 6.30. The van der Waals surface area contributed by atoms with Gasteiger partial charge < -0.3 is 9.84 Å². The minimum Gasteiger partial charge on any atom is -0.497 e. The van der Waals surface area contributed by atoms with Gasteiger partial charge in [0.05, 0.1) is 7.11 Å². The highest BCUT2D eigenvalue weighted by Crippen LogP contribution is 2.55. The van der Waals surface area contributed by atoms with Gasteiger partial charge in [-0.2, -0.15) is 0 Å². The van der Waals surface area contributed by atoms with Crippen molar-refractivity contribution in [2.45, 2.75) is 77.2 Å². The van der Waals surface area contributed by atoms with E-state index in [1.165, 1.54) is 22.3 Å². The van der Waals surface area contributed by atoms with Gasteiger partial charge >= 0.3 is 0 Å². The van der Waals surface area contributed by atoms with Crippen LogP contribution < -0.4 is 4.74 Å². The van der Waals surface area contributed by atoms with E-state index in [4.69, 9.17) is 4.74 Å². The summed E-state index contributed by atoms with van der Waals surface area (Å²) in [6.45, 7) is 7.57. The quantitative estimate of drug-likeness (QED) is 0.508. The molecule has 156 valence electrons. The van der Waals surface area contributed by atoms with Crippen molar-refractivity contribution in [3.8, 4) is 16.9 Å². The summed E-state index contributed by atoms with van der Waals surface area (Å²) in [4.78, 5) is 12.8. The molecule has 3 nitrogen and oxygen atoms in total. The van der Waals surface area contributed by atoms with Crippen LogP contribution in [-0.2, 0) is 5.41 Å². The zero-order chi connectivity index (χ0) is 21.2. The molecule has 0 spiro atoms. The average molecular weight is 395 g/mol. The van der Waals surface area contributed by atoms with Gasteiger partial charge in [0.1, 0.15) is 11.4 Å². The molecule has 29 heavy (non-hydrogen) atoms. The molecule has 2 aromatic rings. The van der Waals surface area contributed by atoms with E-state index in [1.54, 1.807) is 21.0 Å². The molecule has 0 heterocycles. The van der Waals surface area contributed by atoms with Gasteiger partial charge in [-0.15, -0.1) is 0 Å². The summed E-state index contributed by atoms with van der Waals surface area (Å²) in [5.41, 5.74) is 4.12. The summed E-state index contributed by atoms with van der Waals surface area (Å²) in [6, 6.07) is 12.4. The highest BCUT2D eigenvalue weighted by molar-refractivity contribution is 6.02. The van der Waals surface area contributed by atoms with Gasteiger partial charge in [0.15, 0.2) is 5.78 Å². The molecule has 0 unspecified atom stereocenters. The molecule has 2 aromatic carbocycles. The molecular formula is C26H34O3. The Labute approximate surface area is 175 Å². The first-order valence-electron chi connectivity index (χ1n) is 10.9. The van der Waals surface area contributed by atoms with Crippen LogP contribution in [0.2, 0.25) is 0 Å². The number of rotatable bonds is 9. The molecular weight excluding hydrogens is 360 g/mol. The van der Waals surface area contributed by atoms with Crippen LogP contribution in [0.3, 0.4) is 0 Å². The molecule has 0 saturated heterocycles. The van der Waals surface area contributed by atoms with Gasteiger partial charge in [0, 0.05) is 11.0 Å². The van der Waals surface area contributed by atoms with Crippen molar-refractivity contribution in [1.29, 1.82) is 0 Å². The van der Waals surface area contributed by atoms with Crippen LogP contribution in [0.15, 0.2) is 36.4 Å². The topological polar surface area (TPSA) is 46.5 Å². The molecule has 1 N–H and O–H groups in total. The summed E-state index contributed by atoms with van der Waals surface area (Å²) in [6.07, 6.45) is 6.62. The number of aliphatic hydroxyl groups is 1. The molecule has 0 amide bonds. The number of Topliss-reactive ketones (excluding diaryl/α,β-unsaturated/α-hetero) is 1. The Morgan fingerprint density at radius 3 is 2.03 bits per heavy atom. The Morgan fingerprint density at radius 2 is 1.52 bits per heavy atom. The summed E-state index contributed by atoms with van der Waals surface area (Å²) >= 11 is 0. The van der Waals surface area contributed by atoms with Crippen LogP contribution in [0.25, 0.3) is 11.1 Å². The zero-order valence-electron chi connectivity index (χ0n) is 18.5. The number of ketones is 1. The number of benzene rings is 2. The highest BCUT2D eigenvalue weighted by atomic mass is 16.5. The first kappa shape index (κ1) is 21.6. The van der Waals surface area contributed by atoms with Gasteiger partial charge in [-0.25, -0.2) is 0 Å². The monoisotopic (exact) mass is 394 g/mol. The minimum atomic E-state index is -1.38. The lowest BCUT2D eigenvalue weighted by Gasteiger charge is -2.33. The second-order valence-electron chi connectivity index (χ2n) is 8.85. The Balaban J connectivity index is 2.24. The SMILES string of the molecule is CCCCC1(CCCC)c2cc(OC)ccc2-c2ccc(C(=O)C(C)(C)O)cc21. The van der Waals surface area contributed by atoms with E-state index >= 15 is 0 Å². The van der Waals surface area contributed by atoms with Crippen LogP contribution >= 0.6 is 0 Å². The summed E-state index contributed by atoms with van der Waals surface area (Å²) in [5.74, 6) is 0.649. The van der Waals surface area contributed by atoms with E-state index < -0.39 is 5.60 Å². The number of ether oxygens (including phenoxy) is 1. The van der Waals surface area contributed by atoms with Gasteiger partial charge in [0.25, 0.3) is 0 Å². The zero-order valence-corrected chi connectivity index (χ0v) is 18.5. The molecule has 0 saturated carbocycles. The lowest BCUT2D eigenvalue weighted by molar-refractivity contribution is 0.0488. The fraction of sp³-hybridized carbons (Fsp3) is 0.500. The van der Waals surface area contributed by atoms with Crippen molar-refractivity contribution in [1.82, 2.24) is 0 Å². The molecule has 0 fully saturated rings. The standard InChI is InChI=1S/C26H34O3/c1-6-8-14-26(15-9-7-2)22-16-18(24(27)25(3,4)28)10-12-20(22)21-13-11-19(29-5)17-23(21)26/h10-13,16-17,28H,6-9,14-15H2,1-5H3. The van der Waals surface area contributed by atoms with Crippen molar-refractivity contribution >= 4 is 5.78 Å². The summed E-state index contributed by atoms with van der Waals surface area (Å²) < 4.78 is 5.56. The number of fused-ring (bicyclic) bond motifs is 3. The smallest absolute Gasteiger partial charge is 0.193 e. The molecule has 0 radical (unpaired) electrons.